The van der Waals surface area contributed by atoms with E-state index < -0.39 is 17.5 Å². The van der Waals surface area contributed by atoms with Crippen molar-refractivity contribution in [1.82, 2.24) is 10.2 Å². The second kappa shape index (κ2) is 10.7. The van der Waals surface area contributed by atoms with E-state index in [9.17, 15) is 18.4 Å². The Morgan fingerprint density at radius 2 is 1.92 bits per heavy atom. The molecule has 198 valence electrons. The van der Waals surface area contributed by atoms with Crippen LogP contribution in [0.2, 0.25) is 0 Å². The number of amides is 2. The van der Waals surface area contributed by atoms with E-state index in [1.165, 1.54) is 18.2 Å². The first-order valence-corrected chi connectivity index (χ1v) is 13.6. The molecule has 2 aliphatic heterocycles. The number of rotatable bonds is 7. The van der Waals surface area contributed by atoms with Crippen molar-refractivity contribution in [2.75, 3.05) is 32.8 Å². The molecular formula is C28H31BrF2N2O4. The van der Waals surface area contributed by atoms with Crippen molar-refractivity contribution in [2.45, 2.75) is 45.1 Å². The zero-order valence-electron chi connectivity index (χ0n) is 20.8. The zero-order chi connectivity index (χ0) is 26.2. The van der Waals surface area contributed by atoms with Crippen molar-refractivity contribution in [3.63, 3.8) is 0 Å². The van der Waals surface area contributed by atoms with Crippen LogP contribution in [-0.2, 0) is 4.74 Å². The molecule has 1 spiro atoms. The second-order valence-electron chi connectivity index (χ2n) is 10.6. The number of halogens is 3. The smallest absolute Gasteiger partial charge is 0.257 e. The van der Waals surface area contributed by atoms with E-state index in [2.05, 4.69) is 21.2 Å². The third-order valence-electron chi connectivity index (χ3n) is 7.82. The van der Waals surface area contributed by atoms with Crippen LogP contribution >= 0.6 is 15.9 Å². The molecule has 0 bridgehead atoms. The molecule has 2 aromatic carbocycles. The van der Waals surface area contributed by atoms with E-state index in [0.717, 1.165) is 32.1 Å². The van der Waals surface area contributed by atoms with Crippen molar-refractivity contribution in [3.05, 3.63) is 63.1 Å². The van der Waals surface area contributed by atoms with Crippen LogP contribution in [0.3, 0.4) is 0 Å². The van der Waals surface area contributed by atoms with Crippen LogP contribution in [0.4, 0.5) is 8.78 Å². The van der Waals surface area contributed by atoms with Gasteiger partial charge in [-0.3, -0.25) is 9.59 Å². The highest BCUT2D eigenvalue weighted by molar-refractivity contribution is 9.10. The molecule has 3 fully saturated rings. The van der Waals surface area contributed by atoms with Crippen LogP contribution in [-0.4, -0.2) is 55.7 Å². The summed E-state index contributed by atoms with van der Waals surface area (Å²) in [7, 11) is 0. The average Bonchev–Trinajstić information content (AvgIpc) is 3.64. The van der Waals surface area contributed by atoms with Gasteiger partial charge in [-0.1, -0.05) is 15.9 Å². The molecule has 2 saturated heterocycles. The summed E-state index contributed by atoms with van der Waals surface area (Å²) in [6.45, 7) is 4.18. The third-order valence-corrected chi connectivity index (χ3v) is 8.68. The molecule has 2 aromatic rings. The average molecular weight is 577 g/mol. The normalized spacial score (nSPS) is 20.8. The molecule has 0 aromatic heterocycles. The van der Waals surface area contributed by atoms with Crippen molar-refractivity contribution < 1.29 is 27.8 Å². The molecule has 2 heterocycles. The first-order chi connectivity index (χ1) is 17.7. The Balaban J connectivity index is 1.11. The van der Waals surface area contributed by atoms with Crippen LogP contribution in [0.5, 0.6) is 5.75 Å². The van der Waals surface area contributed by atoms with E-state index in [-0.39, 0.29) is 35.1 Å². The maximum Gasteiger partial charge on any atom is 0.257 e. The van der Waals surface area contributed by atoms with Gasteiger partial charge in [0.1, 0.15) is 17.4 Å². The van der Waals surface area contributed by atoms with E-state index in [1.807, 2.05) is 0 Å². The summed E-state index contributed by atoms with van der Waals surface area (Å²) in [5.41, 5.74) is 0.613. The number of ether oxygens (including phenoxy) is 2. The summed E-state index contributed by atoms with van der Waals surface area (Å²) < 4.78 is 41.2. The van der Waals surface area contributed by atoms with Gasteiger partial charge in [0.05, 0.1) is 30.4 Å². The molecule has 3 aliphatic rings. The van der Waals surface area contributed by atoms with Crippen molar-refractivity contribution >= 4 is 27.7 Å². The number of likely N-dealkylation sites (tertiary alicyclic amines) is 1. The Kier molecular flexibility index (Phi) is 7.54. The molecule has 1 aliphatic carbocycles. The lowest BCUT2D eigenvalue weighted by atomic mass is 9.76. The molecular weight excluding hydrogens is 546 g/mol. The molecule has 1 saturated carbocycles. The van der Waals surface area contributed by atoms with Gasteiger partial charge in [-0.05, 0) is 80.2 Å². The predicted molar refractivity (Wildman–Crippen MR) is 138 cm³/mol. The lowest BCUT2D eigenvalue weighted by Gasteiger charge is -2.38. The lowest BCUT2D eigenvalue weighted by Crippen LogP contribution is -2.44. The van der Waals surface area contributed by atoms with Gasteiger partial charge in [0.15, 0.2) is 0 Å². The SMILES string of the molecule is Cc1c(Br)ccc(F)c1C(=O)N1CCC2(CC1)COC(CNC(=O)c1ccc(OCC3CC3)cc1F)C2. The van der Waals surface area contributed by atoms with E-state index in [0.29, 0.717) is 48.0 Å². The Labute approximate surface area is 223 Å². The van der Waals surface area contributed by atoms with Gasteiger partial charge < -0.3 is 19.7 Å². The van der Waals surface area contributed by atoms with Crippen LogP contribution in [0.25, 0.3) is 0 Å². The minimum absolute atomic E-state index is 0.0200. The maximum atomic E-state index is 14.5. The Morgan fingerprint density at radius 1 is 1.16 bits per heavy atom. The molecule has 5 rings (SSSR count). The van der Waals surface area contributed by atoms with Crippen LogP contribution in [0.1, 0.15) is 58.4 Å². The molecule has 37 heavy (non-hydrogen) atoms. The van der Waals surface area contributed by atoms with Crippen LogP contribution in [0, 0.1) is 29.9 Å². The summed E-state index contributed by atoms with van der Waals surface area (Å²) in [5.74, 6) is -0.897. The number of piperidine rings is 1. The molecule has 1 unspecified atom stereocenters. The number of carbonyl (C=O) groups excluding carboxylic acids is 2. The Bertz CT molecular complexity index is 1190. The summed E-state index contributed by atoms with van der Waals surface area (Å²) in [5, 5.41) is 2.79. The van der Waals surface area contributed by atoms with Crippen LogP contribution < -0.4 is 10.1 Å². The molecule has 1 N–H and O–H groups in total. The van der Waals surface area contributed by atoms with Crippen molar-refractivity contribution in [3.8, 4) is 5.75 Å². The molecule has 9 heteroatoms. The minimum Gasteiger partial charge on any atom is -0.493 e. The molecule has 0 radical (unpaired) electrons. The first-order valence-electron chi connectivity index (χ1n) is 12.8. The van der Waals surface area contributed by atoms with Crippen molar-refractivity contribution in [1.29, 1.82) is 0 Å². The first kappa shape index (κ1) is 26.1. The van der Waals surface area contributed by atoms with Gasteiger partial charge in [0.25, 0.3) is 11.8 Å². The molecule has 2 amide bonds. The highest BCUT2D eigenvalue weighted by Crippen LogP contribution is 2.42. The van der Waals surface area contributed by atoms with E-state index >= 15 is 0 Å². The predicted octanol–water partition coefficient (Wildman–Crippen LogP) is 5.27. The standard InChI is InChI=1S/C28H31BrF2N2O4/c1-17-22(29)6-7-23(30)25(17)27(35)33-10-8-28(9-11-33)13-20(37-16-28)14-32-26(34)21-5-4-19(12-24(21)31)36-15-18-2-3-18/h4-7,12,18,20H,2-3,8-11,13-16H2,1H3,(H,32,34). The Hall–Kier alpha value is -2.52. The van der Waals surface area contributed by atoms with Gasteiger partial charge >= 0.3 is 0 Å². The summed E-state index contributed by atoms with van der Waals surface area (Å²) in [4.78, 5) is 27.3. The quantitative estimate of drug-likeness (QED) is 0.488. The maximum absolute atomic E-state index is 14.5. The van der Waals surface area contributed by atoms with E-state index in [1.54, 1.807) is 24.0 Å². The summed E-state index contributed by atoms with van der Waals surface area (Å²) >= 11 is 3.38. The fraction of sp³-hybridized carbons (Fsp3) is 0.500. The highest BCUT2D eigenvalue weighted by atomic mass is 79.9. The van der Waals surface area contributed by atoms with Gasteiger partial charge in [-0.2, -0.15) is 0 Å². The topological polar surface area (TPSA) is 67.9 Å². The number of nitrogens with one attached hydrogen (secondary N) is 1. The Morgan fingerprint density at radius 3 is 2.62 bits per heavy atom. The zero-order valence-corrected chi connectivity index (χ0v) is 22.4. The van der Waals surface area contributed by atoms with E-state index in [4.69, 9.17) is 9.47 Å². The molecule has 6 nitrogen and oxygen atoms in total. The summed E-state index contributed by atoms with van der Waals surface area (Å²) in [6, 6.07) is 7.25. The number of carbonyl (C=O) groups is 2. The number of hydrogen-bond donors (Lipinski definition) is 1. The minimum atomic E-state index is -0.608. The van der Waals surface area contributed by atoms with Crippen LogP contribution in [0.15, 0.2) is 34.8 Å². The number of benzene rings is 2. The molecule has 1 atom stereocenters. The largest absolute Gasteiger partial charge is 0.493 e. The number of hydrogen-bond acceptors (Lipinski definition) is 4. The number of nitrogens with zero attached hydrogens (tertiary/aromatic N) is 1. The second-order valence-corrected chi connectivity index (χ2v) is 11.4. The third kappa shape index (κ3) is 5.82. The van der Waals surface area contributed by atoms with Gasteiger partial charge in [0.2, 0.25) is 0 Å². The lowest BCUT2D eigenvalue weighted by molar-refractivity contribution is 0.0491. The van der Waals surface area contributed by atoms with Gasteiger partial charge in [-0.15, -0.1) is 0 Å². The fourth-order valence-electron chi connectivity index (χ4n) is 5.20. The monoisotopic (exact) mass is 576 g/mol. The van der Waals surface area contributed by atoms with Gasteiger partial charge in [0, 0.05) is 30.2 Å². The summed E-state index contributed by atoms with van der Waals surface area (Å²) in [6.07, 6.45) is 4.35. The highest BCUT2D eigenvalue weighted by Gasteiger charge is 2.43. The fourth-order valence-corrected chi connectivity index (χ4v) is 5.53. The van der Waals surface area contributed by atoms with Gasteiger partial charge in [-0.25, -0.2) is 8.78 Å². The van der Waals surface area contributed by atoms with Crippen molar-refractivity contribution in [2.24, 2.45) is 11.3 Å².